The lowest BCUT2D eigenvalue weighted by molar-refractivity contribution is 0.123. The molecule has 0 bridgehead atoms. The predicted octanol–water partition coefficient (Wildman–Crippen LogP) is 1.71. The molecule has 0 spiro atoms. The van der Waals surface area contributed by atoms with E-state index in [9.17, 15) is 9.90 Å². The molecule has 0 radical (unpaired) electrons. The van der Waals surface area contributed by atoms with Crippen molar-refractivity contribution in [1.82, 2.24) is 24.3 Å². The molecule has 3 aromatic heterocycles. The van der Waals surface area contributed by atoms with Crippen molar-refractivity contribution >= 4 is 16.9 Å². The fourth-order valence-corrected chi connectivity index (χ4v) is 3.98. The number of aryl methyl sites for hydroxylation is 1. The Morgan fingerprint density at radius 3 is 2.81 bits per heavy atom. The number of aliphatic hydroxyl groups is 1. The molecule has 1 saturated heterocycles. The Bertz CT molecular complexity index is 1280. The molecule has 4 heterocycles. The number of imidazole rings is 1. The minimum Gasteiger partial charge on any atom is -0.395 e. The standard InChI is InChI=1S/C22H24N6O3/c1-15-3-2-4-16(13-15)17-5-6-28(25-17)19-14-18(26-8-11-31-12-9-26)20-21(23-19)27(7-10-29)22(30)24-20/h2-6,13-14,29H,7-12H2,1H3,(H,24,30). The average molecular weight is 420 g/mol. The first-order valence-electron chi connectivity index (χ1n) is 10.3. The summed E-state index contributed by atoms with van der Waals surface area (Å²) in [6.07, 6.45) is 1.87. The Morgan fingerprint density at radius 1 is 1.19 bits per heavy atom. The topological polar surface area (TPSA) is 101 Å². The van der Waals surface area contributed by atoms with Crippen LogP contribution in [0.25, 0.3) is 28.2 Å². The van der Waals surface area contributed by atoms with Crippen LogP contribution in [0.5, 0.6) is 0 Å². The minimum atomic E-state index is -0.288. The van der Waals surface area contributed by atoms with Gasteiger partial charge in [-0.25, -0.2) is 14.5 Å². The van der Waals surface area contributed by atoms with Crippen molar-refractivity contribution in [2.24, 2.45) is 0 Å². The van der Waals surface area contributed by atoms with Gasteiger partial charge < -0.3 is 19.7 Å². The first-order chi connectivity index (χ1) is 15.1. The van der Waals surface area contributed by atoms with E-state index in [-0.39, 0.29) is 18.8 Å². The van der Waals surface area contributed by atoms with Crippen LogP contribution < -0.4 is 10.6 Å². The summed E-state index contributed by atoms with van der Waals surface area (Å²) in [5.41, 5.74) is 4.81. The summed E-state index contributed by atoms with van der Waals surface area (Å²) in [6, 6.07) is 12.1. The Balaban J connectivity index is 1.65. The Labute approximate surface area is 178 Å². The number of rotatable bonds is 5. The highest BCUT2D eigenvalue weighted by molar-refractivity contribution is 5.87. The summed E-state index contributed by atoms with van der Waals surface area (Å²) < 4.78 is 8.68. The molecular formula is C22H24N6O3. The number of morpholine rings is 1. The van der Waals surface area contributed by atoms with Gasteiger partial charge in [-0.1, -0.05) is 23.8 Å². The number of benzene rings is 1. The quantitative estimate of drug-likeness (QED) is 0.510. The summed E-state index contributed by atoms with van der Waals surface area (Å²) in [6.45, 7) is 4.77. The molecule has 4 aromatic rings. The fourth-order valence-electron chi connectivity index (χ4n) is 3.98. The minimum absolute atomic E-state index is 0.148. The Kier molecular flexibility index (Phi) is 5.05. The second kappa shape index (κ2) is 8.01. The van der Waals surface area contributed by atoms with Crippen molar-refractivity contribution in [2.75, 3.05) is 37.8 Å². The van der Waals surface area contributed by atoms with E-state index in [1.54, 1.807) is 4.68 Å². The number of fused-ring (bicyclic) bond motifs is 1. The molecule has 1 fully saturated rings. The zero-order chi connectivity index (χ0) is 21.4. The van der Waals surface area contributed by atoms with Gasteiger partial charge in [-0.2, -0.15) is 5.10 Å². The molecule has 0 saturated carbocycles. The number of aromatic nitrogens is 5. The van der Waals surface area contributed by atoms with Crippen LogP contribution in [-0.2, 0) is 11.3 Å². The van der Waals surface area contributed by atoms with Gasteiger partial charge in [0.05, 0.1) is 37.7 Å². The lowest BCUT2D eigenvalue weighted by Gasteiger charge is -2.29. The van der Waals surface area contributed by atoms with Crippen LogP contribution in [0.4, 0.5) is 5.69 Å². The van der Waals surface area contributed by atoms with E-state index in [0.29, 0.717) is 30.2 Å². The number of ether oxygens (including phenoxy) is 1. The van der Waals surface area contributed by atoms with E-state index >= 15 is 0 Å². The molecule has 9 nitrogen and oxygen atoms in total. The number of pyridine rings is 1. The fraction of sp³-hybridized carbons (Fsp3) is 0.318. The molecule has 1 aromatic carbocycles. The van der Waals surface area contributed by atoms with Crippen molar-refractivity contribution in [1.29, 1.82) is 0 Å². The van der Waals surface area contributed by atoms with Gasteiger partial charge in [0, 0.05) is 30.9 Å². The van der Waals surface area contributed by atoms with E-state index in [4.69, 9.17) is 14.8 Å². The van der Waals surface area contributed by atoms with Crippen LogP contribution in [0.15, 0.2) is 47.4 Å². The van der Waals surface area contributed by atoms with Crippen molar-refractivity contribution in [3.8, 4) is 17.1 Å². The van der Waals surface area contributed by atoms with Gasteiger partial charge in [0.2, 0.25) is 0 Å². The Hall–Kier alpha value is -3.43. The van der Waals surface area contributed by atoms with E-state index in [0.717, 1.165) is 30.0 Å². The zero-order valence-corrected chi connectivity index (χ0v) is 17.3. The van der Waals surface area contributed by atoms with Gasteiger partial charge >= 0.3 is 5.69 Å². The molecular weight excluding hydrogens is 396 g/mol. The highest BCUT2D eigenvalue weighted by Crippen LogP contribution is 2.28. The van der Waals surface area contributed by atoms with E-state index in [1.807, 2.05) is 30.5 Å². The number of nitrogens with one attached hydrogen (secondary N) is 1. The largest absolute Gasteiger partial charge is 0.395 e. The molecule has 0 aliphatic carbocycles. The van der Waals surface area contributed by atoms with Crippen LogP contribution in [-0.4, -0.2) is 62.3 Å². The molecule has 0 amide bonds. The van der Waals surface area contributed by atoms with E-state index in [1.165, 1.54) is 10.1 Å². The summed E-state index contributed by atoms with van der Waals surface area (Å²) >= 11 is 0. The predicted molar refractivity (Wildman–Crippen MR) is 118 cm³/mol. The van der Waals surface area contributed by atoms with Crippen LogP contribution in [0.3, 0.4) is 0 Å². The first kappa shape index (κ1) is 19.5. The lowest BCUT2D eigenvalue weighted by atomic mass is 10.1. The van der Waals surface area contributed by atoms with Gasteiger partial charge in [-0.15, -0.1) is 0 Å². The summed E-state index contributed by atoms with van der Waals surface area (Å²) in [7, 11) is 0. The number of hydrogen-bond donors (Lipinski definition) is 2. The normalized spacial score (nSPS) is 14.5. The van der Waals surface area contributed by atoms with Crippen molar-refractivity contribution in [2.45, 2.75) is 13.5 Å². The van der Waals surface area contributed by atoms with Gasteiger partial charge in [0.25, 0.3) is 0 Å². The Morgan fingerprint density at radius 2 is 2.03 bits per heavy atom. The second-order valence-electron chi connectivity index (χ2n) is 7.62. The third-order valence-electron chi connectivity index (χ3n) is 5.51. The van der Waals surface area contributed by atoms with Crippen molar-refractivity contribution < 1.29 is 9.84 Å². The first-order valence-corrected chi connectivity index (χ1v) is 10.3. The third-order valence-corrected chi connectivity index (χ3v) is 5.51. The number of hydrogen-bond acceptors (Lipinski definition) is 6. The molecule has 1 aliphatic rings. The maximum absolute atomic E-state index is 12.5. The summed E-state index contributed by atoms with van der Waals surface area (Å²) in [5.74, 6) is 0.610. The summed E-state index contributed by atoms with van der Waals surface area (Å²) in [5, 5.41) is 14.2. The number of H-pyrrole nitrogens is 1. The SMILES string of the molecule is Cc1cccc(-c2ccn(-c3cc(N4CCOCC4)c4[nH]c(=O)n(CCO)c4n3)n2)c1. The maximum Gasteiger partial charge on any atom is 0.327 e. The molecule has 31 heavy (non-hydrogen) atoms. The van der Waals surface area contributed by atoms with E-state index < -0.39 is 0 Å². The number of anilines is 1. The van der Waals surface area contributed by atoms with Gasteiger partial charge in [-0.3, -0.25) is 4.57 Å². The second-order valence-corrected chi connectivity index (χ2v) is 7.62. The number of aromatic amines is 1. The van der Waals surface area contributed by atoms with Gasteiger partial charge in [0.15, 0.2) is 11.5 Å². The molecule has 0 atom stereocenters. The number of aliphatic hydroxyl groups excluding tert-OH is 1. The highest BCUT2D eigenvalue weighted by Gasteiger charge is 2.21. The number of nitrogens with zero attached hydrogens (tertiary/aromatic N) is 5. The van der Waals surface area contributed by atoms with E-state index in [2.05, 4.69) is 28.9 Å². The van der Waals surface area contributed by atoms with Crippen molar-refractivity contribution in [3.05, 3.63) is 58.6 Å². The molecule has 5 rings (SSSR count). The van der Waals surface area contributed by atoms with Crippen LogP contribution in [0.1, 0.15) is 5.56 Å². The van der Waals surface area contributed by atoms with Crippen LogP contribution in [0, 0.1) is 6.92 Å². The zero-order valence-electron chi connectivity index (χ0n) is 17.3. The van der Waals surface area contributed by atoms with Gasteiger partial charge in [-0.05, 0) is 19.1 Å². The smallest absolute Gasteiger partial charge is 0.327 e. The van der Waals surface area contributed by atoms with Crippen LogP contribution in [0.2, 0.25) is 0 Å². The average Bonchev–Trinajstić information content (AvgIpc) is 3.40. The maximum atomic E-state index is 12.5. The molecule has 0 unspecified atom stereocenters. The van der Waals surface area contributed by atoms with Crippen LogP contribution >= 0.6 is 0 Å². The van der Waals surface area contributed by atoms with Gasteiger partial charge in [0.1, 0.15) is 5.52 Å². The molecule has 1 aliphatic heterocycles. The monoisotopic (exact) mass is 420 g/mol. The van der Waals surface area contributed by atoms with Crippen molar-refractivity contribution in [3.63, 3.8) is 0 Å². The highest BCUT2D eigenvalue weighted by atomic mass is 16.5. The third kappa shape index (κ3) is 3.62. The molecule has 9 heteroatoms. The summed E-state index contributed by atoms with van der Waals surface area (Å²) in [4.78, 5) is 22.3. The lowest BCUT2D eigenvalue weighted by Crippen LogP contribution is -2.36. The molecule has 160 valence electrons. The molecule has 2 N–H and O–H groups in total.